The molecule has 0 aliphatic carbocycles. The van der Waals surface area contributed by atoms with E-state index >= 15 is 0 Å². The van der Waals surface area contributed by atoms with Crippen LogP contribution in [0, 0.1) is 10.1 Å². The van der Waals surface area contributed by atoms with E-state index in [0.29, 0.717) is 5.75 Å². The van der Waals surface area contributed by atoms with Crippen LogP contribution in [0.25, 0.3) is 0 Å². The molecule has 0 aromatic heterocycles. The van der Waals surface area contributed by atoms with Crippen LogP contribution in [0.4, 0.5) is 5.69 Å². The molecule has 14 heavy (non-hydrogen) atoms. The second kappa shape index (κ2) is 4.66. The molecule has 0 saturated carbocycles. The fourth-order valence-corrected chi connectivity index (χ4v) is 1.58. The molecular weight excluding hydrogens is 202 g/mol. The van der Waals surface area contributed by atoms with Crippen LogP contribution in [0.5, 0.6) is 0 Å². The average Bonchev–Trinajstić information content (AvgIpc) is 2.18. The molecule has 1 rings (SSSR count). The van der Waals surface area contributed by atoms with Crippen LogP contribution >= 0.6 is 0 Å². The van der Waals surface area contributed by atoms with E-state index < -0.39 is 15.7 Å². The molecular formula is C9H9NO3S. The highest BCUT2D eigenvalue weighted by atomic mass is 32.2. The first kappa shape index (κ1) is 10.6. The molecule has 0 amide bonds. The summed E-state index contributed by atoms with van der Waals surface area (Å²) in [5.74, 6) is 0.349. The summed E-state index contributed by atoms with van der Waals surface area (Å²) in [6.07, 6.45) is 0. The van der Waals surface area contributed by atoms with Gasteiger partial charge < -0.3 is 0 Å². The number of nitrogens with zero attached hydrogens (tertiary/aromatic N) is 1. The number of nitro groups is 1. The minimum absolute atomic E-state index is 0.0399. The average molecular weight is 211 g/mol. The Kier molecular flexibility index (Phi) is 3.53. The molecule has 0 spiro atoms. The molecule has 4 nitrogen and oxygen atoms in total. The van der Waals surface area contributed by atoms with E-state index in [1.54, 1.807) is 12.1 Å². The summed E-state index contributed by atoms with van der Waals surface area (Å²) in [5.41, 5.74) is 0.840. The number of hydrogen-bond donors (Lipinski definition) is 0. The molecule has 1 atom stereocenters. The molecule has 1 unspecified atom stereocenters. The van der Waals surface area contributed by atoms with Crippen molar-refractivity contribution in [3.8, 4) is 0 Å². The third-order valence-corrected chi connectivity index (χ3v) is 2.63. The molecule has 0 heterocycles. The quantitative estimate of drug-likeness (QED) is 0.565. The summed E-state index contributed by atoms with van der Waals surface area (Å²) in [5, 5.41) is 11.7. The van der Waals surface area contributed by atoms with Gasteiger partial charge in [0.15, 0.2) is 0 Å². The van der Waals surface area contributed by atoms with Crippen molar-refractivity contribution in [1.82, 2.24) is 0 Å². The zero-order valence-electron chi connectivity index (χ0n) is 7.38. The van der Waals surface area contributed by atoms with Gasteiger partial charge in [-0.25, -0.2) is 0 Å². The van der Waals surface area contributed by atoms with Crippen LogP contribution in [-0.4, -0.2) is 9.13 Å². The van der Waals surface area contributed by atoms with Crippen molar-refractivity contribution in [2.45, 2.75) is 5.75 Å². The molecule has 1 aromatic rings. The lowest BCUT2D eigenvalue weighted by Crippen LogP contribution is -1.92. The lowest BCUT2D eigenvalue weighted by atomic mass is 10.2. The summed E-state index contributed by atoms with van der Waals surface area (Å²) in [4.78, 5) is 9.86. The van der Waals surface area contributed by atoms with Crippen molar-refractivity contribution in [3.05, 3.63) is 51.9 Å². The predicted molar refractivity (Wildman–Crippen MR) is 55.1 cm³/mol. The summed E-state index contributed by atoms with van der Waals surface area (Å²) in [7, 11) is -1.10. The molecule has 1 aromatic carbocycles. The van der Waals surface area contributed by atoms with Crippen LogP contribution in [0.15, 0.2) is 36.3 Å². The van der Waals surface area contributed by atoms with E-state index in [9.17, 15) is 14.3 Å². The van der Waals surface area contributed by atoms with E-state index in [1.807, 2.05) is 0 Å². The molecule has 0 bridgehead atoms. The summed E-state index contributed by atoms with van der Waals surface area (Å²) in [6.45, 7) is 3.39. The van der Waals surface area contributed by atoms with E-state index in [0.717, 1.165) is 5.56 Å². The van der Waals surface area contributed by atoms with Gasteiger partial charge in [0.2, 0.25) is 0 Å². The number of hydrogen-bond acceptors (Lipinski definition) is 3. The molecule has 0 radical (unpaired) electrons. The largest absolute Gasteiger partial charge is 0.269 e. The van der Waals surface area contributed by atoms with Crippen LogP contribution in [-0.2, 0) is 16.6 Å². The Morgan fingerprint density at radius 1 is 1.43 bits per heavy atom. The Balaban J connectivity index is 2.78. The van der Waals surface area contributed by atoms with E-state index in [4.69, 9.17) is 0 Å². The maximum atomic E-state index is 11.1. The van der Waals surface area contributed by atoms with Gasteiger partial charge in [0, 0.05) is 22.9 Å². The standard InChI is InChI=1S/C9H9NO3S/c1-2-14(13)7-8-3-5-9(6-4-8)10(11)12/h2-6H,1,7H2. The second-order valence-electron chi connectivity index (χ2n) is 2.62. The third-order valence-electron chi connectivity index (χ3n) is 1.64. The SMILES string of the molecule is C=CS(=O)Cc1ccc([N+](=O)[O-])cc1. The highest BCUT2D eigenvalue weighted by Crippen LogP contribution is 2.13. The zero-order chi connectivity index (χ0) is 10.6. The maximum Gasteiger partial charge on any atom is 0.269 e. The van der Waals surface area contributed by atoms with Gasteiger partial charge in [-0.05, 0) is 11.0 Å². The van der Waals surface area contributed by atoms with E-state index in [1.165, 1.54) is 17.5 Å². The Hall–Kier alpha value is -1.49. The van der Waals surface area contributed by atoms with Gasteiger partial charge in [-0.3, -0.25) is 14.3 Å². The van der Waals surface area contributed by atoms with Gasteiger partial charge in [-0.2, -0.15) is 0 Å². The summed E-state index contributed by atoms with van der Waals surface area (Å²) in [6, 6.07) is 5.99. The number of nitro benzene ring substituents is 1. The van der Waals surface area contributed by atoms with Crippen LogP contribution in [0.1, 0.15) is 5.56 Å². The van der Waals surface area contributed by atoms with Gasteiger partial charge in [0.25, 0.3) is 5.69 Å². The van der Waals surface area contributed by atoms with Crippen molar-refractivity contribution < 1.29 is 9.13 Å². The minimum atomic E-state index is -1.10. The molecule has 0 saturated heterocycles. The van der Waals surface area contributed by atoms with Crippen molar-refractivity contribution in [3.63, 3.8) is 0 Å². The number of benzene rings is 1. The Morgan fingerprint density at radius 2 is 2.00 bits per heavy atom. The number of non-ortho nitro benzene ring substituents is 1. The van der Waals surface area contributed by atoms with Crippen LogP contribution in [0.3, 0.4) is 0 Å². The van der Waals surface area contributed by atoms with Crippen LogP contribution in [0.2, 0.25) is 0 Å². The normalized spacial score (nSPS) is 12.0. The third kappa shape index (κ3) is 2.77. The van der Waals surface area contributed by atoms with E-state index in [-0.39, 0.29) is 5.69 Å². The monoisotopic (exact) mass is 211 g/mol. The minimum Gasteiger partial charge on any atom is -0.258 e. The molecule has 74 valence electrons. The molecule has 5 heteroatoms. The predicted octanol–water partition coefficient (Wildman–Crippen LogP) is 1.99. The Morgan fingerprint density at radius 3 is 2.43 bits per heavy atom. The van der Waals surface area contributed by atoms with Gasteiger partial charge in [0.1, 0.15) is 0 Å². The zero-order valence-corrected chi connectivity index (χ0v) is 8.20. The van der Waals surface area contributed by atoms with Crippen molar-refractivity contribution >= 4 is 16.5 Å². The topological polar surface area (TPSA) is 60.2 Å². The highest BCUT2D eigenvalue weighted by molar-refractivity contribution is 7.87. The lowest BCUT2D eigenvalue weighted by molar-refractivity contribution is -0.384. The molecule has 0 N–H and O–H groups in total. The fraction of sp³-hybridized carbons (Fsp3) is 0.111. The van der Waals surface area contributed by atoms with Crippen molar-refractivity contribution in [2.24, 2.45) is 0 Å². The Labute approximate surface area is 83.9 Å². The van der Waals surface area contributed by atoms with Crippen molar-refractivity contribution in [1.29, 1.82) is 0 Å². The van der Waals surface area contributed by atoms with Gasteiger partial charge in [0.05, 0.1) is 10.7 Å². The van der Waals surface area contributed by atoms with Crippen LogP contribution < -0.4 is 0 Å². The van der Waals surface area contributed by atoms with Gasteiger partial charge in [-0.15, -0.1) is 0 Å². The smallest absolute Gasteiger partial charge is 0.258 e. The fourth-order valence-electron chi connectivity index (χ4n) is 0.937. The maximum absolute atomic E-state index is 11.1. The summed E-state index contributed by atoms with van der Waals surface area (Å²) >= 11 is 0. The van der Waals surface area contributed by atoms with Gasteiger partial charge in [-0.1, -0.05) is 18.7 Å². The molecule has 0 fully saturated rings. The summed E-state index contributed by atoms with van der Waals surface area (Å²) < 4.78 is 11.1. The second-order valence-corrected chi connectivity index (χ2v) is 4.00. The lowest BCUT2D eigenvalue weighted by Gasteiger charge is -1.97. The number of rotatable bonds is 4. The first-order chi connectivity index (χ1) is 6.63. The highest BCUT2D eigenvalue weighted by Gasteiger charge is 2.04. The van der Waals surface area contributed by atoms with Gasteiger partial charge >= 0.3 is 0 Å². The Bertz CT molecular complexity index is 372. The van der Waals surface area contributed by atoms with E-state index in [2.05, 4.69) is 6.58 Å². The first-order valence-corrected chi connectivity index (χ1v) is 5.25. The molecule has 0 aliphatic heterocycles. The van der Waals surface area contributed by atoms with Crippen molar-refractivity contribution in [2.75, 3.05) is 0 Å². The molecule has 0 aliphatic rings. The first-order valence-electron chi connectivity index (χ1n) is 3.86.